The van der Waals surface area contributed by atoms with Gasteiger partial charge in [-0.2, -0.15) is 0 Å². The number of rotatable bonds is 1. The summed E-state index contributed by atoms with van der Waals surface area (Å²) >= 11 is 0. The molecule has 0 spiro atoms. The lowest BCUT2D eigenvalue weighted by atomic mass is 9.82. The molecular formula is C20H34O2. The van der Waals surface area contributed by atoms with Crippen LogP contribution in [0, 0.1) is 5.92 Å². The van der Waals surface area contributed by atoms with Crippen molar-refractivity contribution in [2.75, 3.05) is 0 Å². The summed E-state index contributed by atoms with van der Waals surface area (Å²) in [6, 6.07) is 0. The van der Waals surface area contributed by atoms with Crippen LogP contribution in [0.2, 0.25) is 0 Å². The van der Waals surface area contributed by atoms with Crippen LogP contribution < -0.4 is 0 Å². The molecule has 2 heteroatoms. The monoisotopic (exact) mass is 306 g/mol. The average Bonchev–Trinajstić information content (AvgIpc) is 2.42. The molecule has 2 nitrogen and oxygen atoms in total. The van der Waals surface area contributed by atoms with Gasteiger partial charge in [-0.15, -0.1) is 0 Å². The van der Waals surface area contributed by atoms with Crippen LogP contribution in [0.3, 0.4) is 0 Å². The lowest BCUT2D eigenvalue weighted by molar-refractivity contribution is 0.0309. The molecule has 0 saturated heterocycles. The minimum Gasteiger partial charge on any atom is -0.386 e. The maximum absolute atomic E-state index is 10.9. The van der Waals surface area contributed by atoms with Crippen molar-refractivity contribution >= 4 is 0 Å². The fraction of sp³-hybridized carbons (Fsp3) is 0.700. The van der Waals surface area contributed by atoms with Gasteiger partial charge in [0.25, 0.3) is 0 Å². The first kappa shape index (κ1) is 19.2. The minimum absolute atomic E-state index is 0.127. The Morgan fingerprint density at radius 2 is 1.50 bits per heavy atom. The Morgan fingerprint density at radius 1 is 0.909 bits per heavy atom. The van der Waals surface area contributed by atoms with Gasteiger partial charge in [0.1, 0.15) is 0 Å². The van der Waals surface area contributed by atoms with Gasteiger partial charge in [0, 0.05) is 0 Å². The van der Waals surface area contributed by atoms with E-state index in [1.165, 1.54) is 11.1 Å². The Bertz CT molecular complexity index is 441. The molecule has 2 N–H and O–H groups in total. The summed E-state index contributed by atoms with van der Waals surface area (Å²) in [6.45, 7) is 10.2. The number of allylic oxidation sites excluding steroid dienone is 4. The third kappa shape index (κ3) is 6.50. The Balaban J connectivity index is 3.00. The summed E-state index contributed by atoms with van der Waals surface area (Å²) in [6.07, 6.45) is 13.4. The zero-order valence-corrected chi connectivity index (χ0v) is 15.0. The first-order valence-electron chi connectivity index (χ1n) is 8.61. The Hall–Kier alpha value is -0.860. The second-order valence-corrected chi connectivity index (χ2v) is 7.51. The summed E-state index contributed by atoms with van der Waals surface area (Å²) in [7, 11) is 0. The number of hydrogen-bond acceptors (Lipinski definition) is 2. The van der Waals surface area contributed by atoms with Crippen molar-refractivity contribution < 1.29 is 10.2 Å². The van der Waals surface area contributed by atoms with Gasteiger partial charge in [-0.1, -0.05) is 49.3 Å². The standard InChI is InChI=1S/C20H34O2/c1-16(2)20(22)13-11-18(4)9-6-8-17(3)10-7-12-19(5,21)14-15-20/h9-10,14-16,21-22H,6-8,11-13H2,1-5H3/b15-14-,17-10+,18-9+/t19-,20-/m0/s1. The molecule has 126 valence electrons. The highest BCUT2D eigenvalue weighted by atomic mass is 16.3. The molecular weight excluding hydrogens is 272 g/mol. The van der Waals surface area contributed by atoms with Crippen LogP contribution >= 0.6 is 0 Å². The predicted octanol–water partition coefficient (Wildman–Crippen LogP) is 4.93. The second kappa shape index (κ2) is 8.12. The summed E-state index contributed by atoms with van der Waals surface area (Å²) in [5, 5.41) is 21.4. The molecule has 0 saturated carbocycles. The van der Waals surface area contributed by atoms with Gasteiger partial charge in [-0.05, 0) is 65.2 Å². The van der Waals surface area contributed by atoms with Gasteiger partial charge in [0.05, 0.1) is 11.2 Å². The average molecular weight is 306 g/mol. The Kier molecular flexibility index (Phi) is 7.08. The lowest BCUT2D eigenvalue weighted by Gasteiger charge is -2.31. The molecule has 0 bridgehead atoms. The largest absolute Gasteiger partial charge is 0.386 e. The van der Waals surface area contributed by atoms with Crippen LogP contribution in [-0.4, -0.2) is 21.4 Å². The van der Waals surface area contributed by atoms with Crippen LogP contribution in [-0.2, 0) is 0 Å². The maximum Gasteiger partial charge on any atom is 0.0854 e. The van der Waals surface area contributed by atoms with E-state index in [4.69, 9.17) is 0 Å². The molecule has 1 aliphatic rings. The van der Waals surface area contributed by atoms with Crippen LogP contribution in [0.15, 0.2) is 35.5 Å². The smallest absolute Gasteiger partial charge is 0.0854 e. The van der Waals surface area contributed by atoms with E-state index in [2.05, 4.69) is 26.0 Å². The van der Waals surface area contributed by atoms with E-state index in [9.17, 15) is 10.2 Å². The molecule has 0 aliphatic heterocycles. The molecule has 0 unspecified atom stereocenters. The van der Waals surface area contributed by atoms with Gasteiger partial charge in [0.2, 0.25) is 0 Å². The van der Waals surface area contributed by atoms with Crippen LogP contribution in [0.4, 0.5) is 0 Å². The van der Waals surface area contributed by atoms with Crippen molar-refractivity contribution in [3.05, 3.63) is 35.5 Å². The molecule has 0 aromatic carbocycles. The summed E-state index contributed by atoms with van der Waals surface area (Å²) in [5.41, 5.74) is 1.01. The third-order valence-electron chi connectivity index (χ3n) is 4.83. The van der Waals surface area contributed by atoms with Crippen molar-refractivity contribution in [1.82, 2.24) is 0 Å². The van der Waals surface area contributed by atoms with Crippen molar-refractivity contribution in [3.63, 3.8) is 0 Å². The van der Waals surface area contributed by atoms with Crippen LogP contribution in [0.1, 0.15) is 73.1 Å². The molecule has 1 rings (SSSR count). The molecule has 0 heterocycles. The van der Waals surface area contributed by atoms with Crippen LogP contribution in [0.5, 0.6) is 0 Å². The molecule has 0 aromatic rings. The fourth-order valence-corrected chi connectivity index (χ4v) is 2.73. The quantitative estimate of drug-likeness (QED) is 0.674. The Labute approximate surface area is 136 Å². The summed E-state index contributed by atoms with van der Waals surface area (Å²) in [5.74, 6) is 0.127. The van der Waals surface area contributed by atoms with Gasteiger partial charge < -0.3 is 10.2 Å². The summed E-state index contributed by atoms with van der Waals surface area (Å²) in [4.78, 5) is 0. The number of aliphatic hydroxyl groups is 2. The van der Waals surface area contributed by atoms with Crippen molar-refractivity contribution in [2.24, 2.45) is 5.92 Å². The van der Waals surface area contributed by atoms with E-state index >= 15 is 0 Å². The first-order valence-corrected chi connectivity index (χ1v) is 8.61. The van der Waals surface area contributed by atoms with E-state index in [0.29, 0.717) is 12.8 Å². The SMILES string of the molecule is C/C1=C\CC[C@](C)(O)/C=C\[C@](O)(C(C)C)CC/C(C)=C/CC1. The second-order valence-electron chi connectivity index (χ2n) is 7.51. The molecule has 1 aliphatic carbocycles. The first-order chi connectivity index (χ1) is 10.1. The molecule has 0 amide bonds. The normalized spacial score (nSPS) is 38.5. The number of hydrogen-bond donors (Lipinski definition) is 2. The van der Waals surface area contributed by atoms with Gasteiger partial charge in [0.15, 0.2) is 0 Å². The molecule has 22 heavy (non-hydrogen) atoms. The van der Waals surface area contributed by atoms with Crippen LogP contribution in [0.25, 0.3) is 0 Å². The molecule has 0 aromatic heterocycles. The van der Waals surface area contributed by atoms with E-state index in [1.54, 1.807) is 6.08 Å². The highest BCUT2D eigenvalue weighted by Gasteiger charge is 2.29. The molecule has 0 fully saturated rings. The highest BCUT2D eigenvalue weighted by molar-refractivity contribution is 5.12. The topological polar surface area (TPSA) is 40.5 Å². The van der Waals surface area contributed by atoms with E-state index in [1.807, 2.05) is 26.8 Å². The van der Waals surface area contributed by atoms with Crippen molar-refractivity contribution in [1.29, 1.82) is 0 Å². The predicted molar refractivity (Wildman–Crippen MR) is 94.8 cm³/mol. The van der Waals surface area contributed by atoms with Gasteiger partial charge in [-0.25, -0.2) is 0 Å². The van der Waals surface area contributed by atoms with Crippen molar-refractivity contribution in [2.45, 2.75) is 84.3 Å². The fourth-order valence-electron chi connectivity index (χ4n) is 2.73. The minimum atomic E-state index is -0.866. The maximum atomic E-state index is 10.9. The van der Waals surface area contributed by atoms with E-state index < -0.39 is 11.2 Å². The summed E-state index contributed by atoms with van der Waals surface area (Å²) < 4.78 is 0. The lowest BCUT2D eigenvalue weighted by Crippen LogP contribution is -2.34. The van der Waals surface area contributed by atoms with E-state index in [0.717, 1.165) is 25.7 Å². The van der Waals surface area contributed by atoms with Gasteiger partial charge in [-0.3, -0.25) is 0 Å². The third-order valence-corrected chi connectivity index (χ3v) is 4.83. The molecule has 0 radical (unpaired) electrons. The van der Waals surface area contributed by atoms with Gasteiger partial charge >= 0.3 is 0 Å². The highest BCUT2D eigenvalue weighted by Crippen LogP contribution is 2.29. The Morgan fingerprint density at radius 3 is 2.14 bits per heavy atom. The zero-order valence-electron chi connectivity index (χ0n) is 15.0. The molecule has 2 atom stereocenters. The van der Waals surface area contributed by atoms with E-state index in [-0.39, 0.29) is 5.92 Å². The zero-order chi connectivity index (χ0) is 16.8. The van der Waals surface area contributed by atoms with Crippen molar-refractivity contribution in [3.8, 4) is 0 Å².